The van der Waals surface area contributed by atoms with Crippen molar-refractivity contribution in [3.8, 4) is 11.1 Å². The van der Waals surface area contributed by atoms with Crippen molar-refractivity contribution in [2.24, 2.45) is 0 Å². The lowest BCUT2D eigenvalue weighted by molar-refractivity contribution is 0.139. The molecule has 0 fully saturated rings. The summed E-state index contributed by atoms with van der Waals surface area (Å²) in [5, 5.41) is 3.56. The van der Waals surface area contributed by atoms with Crippen LogP contribution in [0, 0.1) is 0 Å². The Labute approximate surface area is 204 Å². The average molecular weight is 490 g/mol. The fourth-order valence-corrected chi connectivity index (χ4v) is 5.84. The van der Waals surface area contributed by atoms with Crippen LogP contribution >= 0.6 is 0 Å². The number of aryl methyl sites for hydroxylation is 1. The van der Waals surface area contributed by atoms with Gasteiger partial charge in [0.25, 0.3) is 0 Å². The highest BCUT2D eigenvalue weighted by atomic mass is 32.2. The van der Waals surface area contributed by atoms with Crippen molar-refractivity contribution in [2.45, 2.75) is 37.5 Å². The number of nitrogens with one attached hydrogen (secondary N) is 1. The zero-order valence-corrected chi connectivity index (χ0v) is 20.5. The summed E-state index contributed by atoms with van der Waals surface area (Å²) >= 11 is 0. The maximum atomic E-state index is 12.9. The van der Waals surface area contributed by atoms with Crippen LogP contribution in [-0.4, -0.2) is 26.2 Å². The van der Waals surface area contributed by atoms with Crippen LogP contribution in [0.1, 0.15) is 42.6 Å². The molecular weight excluding hydrogens is 462 g/mol. The van der Waals surface area contributed by atoms with Crippen LogP contribution in [-0.2, 0) is 21.0 Å². The first-order valence-corrected chi connectivity index (χ1v) is 13.7. The summed E-state index contributed by atoms with van der Waals surface area (Å²) in [4.78, 5) is 12.9. The molecule has 35 heavy (non-hydrogen) atoms. The van der Waals surface area contributed by atoms with Crippen LogP contribution in [0.15, 0.2) is 77.2 Å². The van der Waals surface area contributed by atoms with Crippen LogP contribution in [0.2, 0.25) is 0 Å². The van der Waals surface area contributed by atoms with Crippen LogP contribution in [0.4, 0.5) is 10.5 Å². The van der Waals surface area contributed by atoms with Gasteiger partial charge in [0.05, 0.1) is 5.92 Å². The molecular formula is C28H27NO5S. The molecule has 0 aliphatic heterocycles. The van der Waals surface area contributed by atoms with Crippen molar-refractivity contribution in [1.82, 2.24) is 0 Å². The van der Waals surface area contributed by atoms with Gasteiger partial charge in [-0.05, 0) is 52.9 Å². The van der Waals surface area contributed by atoms with Gasteiger partial charge in [0.15, 0.2) is 9.84 Å². The molecule has 180 valence electrons. The van der Waals surface area contributed by atoms with Gasteiger partial charge in [-0.15, -0.1) is 0 Å². The van der Waals surface area contributed by atoms with E-state index < -0.39 is 27.3 Å². The second-order valence-corrected chi connectivity index (χ2v) is 11.1. The van der Waals surface area contributed by atoms with E-state index in [1.54, 1.807) is 18.2 Å². The number of hydrogen-bond acceptors (Lipinski definition) is 5. The van der Waals surface area contributed by atoms with E-state index >= 15 is 0 Å². The number of rotatable bonds is 7. The molecule has 1 heterocycles. The predicted octanol–water partition coefficient (Wildman–Crippen LogP) is 6.51. The van der Waals surface area contributed by atoms with E-state index in [4.69, 9.17) is 9.15 Å². The Balaban J connectivity index is 1.41. The van der Waals surface area contributed by atoms with Crippen molar-refractivity contribution in [2.75, 3.05) is 11.6 Å². The minimum Gasteiger partial charge on any atom is -0.461 e. The molecule has 0 saturated carbocycles. The molecule has 0 saturated heterocycles. The normalized spacial score (nSPS) is 13.9. The number of unbranched alkanes of at least 4 members (excludes halogenated alkanes) is 1. The van der Waals surface area contributed by atoms with E-state index in [0.717, 1.165) is 64.5 Å². The summed E-state index contributed by atoms with van der Waals surface area (Å²) in [5.74, 6) is 0.290. The van der Waals surface area contributed by atoms with Gasteiger partial charge in [-0.3, -0.25) is 5.32 Å². The van der Waals surface area contributed by atoms with Crippen LogP contribution < -0.4 is 5.32 Å². The molecule has 1 N–H and O–H groups in total. The topological polar surface area (TPSA) is 85.6 Å². The lowest BCUT2D eigenvalue weighted by Crippen LogP contribution is -2.34. The van der Waals surface area contributed by atoms with E-state index in [1.807, 2.05) is 54.6 Å². The smallest absolute Gasteiger partial charge is 0.412 e. The van der Waals surface area contributed by atoms with E-state index in [9.17, 15) is 13.2 Å². The minimum absolute atomic E-state index is 0.504. The third-order valence-corrected chi connectivity index (χ3v) is 7.60. The van der Waals surface area contributed by atoms with Gasteiger partial charge in [0.1, 0.15) is 11.3 Å². The monoisotopic (exact) mass is 489 g/mol. The number of anilines is 1. The van der Waals surface area contributed by atoms with Gasteiger partial charge in [-0.2, -0.15) is 0 Å². The van der Waals surface area contributed by atoms with Gasteiger partial charge in [-0.1, -0.05) is 61.9 Å². The molecule has 1 unspecified atom stereocenters. The summed E-state index contributed by atoms with van der Waals surface area (Å²) in [6.07, 6.45) is 3.25. The highest BCUT2D eigenvalue weighted by Crippen LogP contribution is 2.47. The zero-order valence-electron chi connectivity index (χ0n) is 19.7. The molecule has 0 radical (unpaired) electrons. The van der Waals surface area contributed by atoms with Gasteiger partial charge in [0, 0.05) is 23.8 Å². The van der Waals surface area contributed by atoms with E-state index in [-0.39, 0.29) is 0 Å². The molecule has 5 rings (SSSR count). The molecule has 1 amide bonds. The Bertz CT molecular complexity index is 1460. The maximum absolute atomic E-state index is 12.9. The highest BCUT2D eigenvalue weighted by molar-refractivity contribution is 7.91. The molecule has 7 heteroatoms. The summed E-state index contributed by atoms with van der Waals surface area (Å²) in [6.45, 7) is 2.13. The second kappa shape index (κ2) is 9.23. The fraction of sp³-hybridized carbons (Fsp3) is 0.250. The Kier molecular flexibility index (Phi) is 6.11. The first-order chi connectivity index (χ1) is 16.8. The summed E-state index contributed by atoms with van der Waals surface area (Å²) in [5.41, 5.74) is 3.44. The number of furan rings is 1. The maximum Gasteiger partial charge on any atom is 0.412 e. The fourth-order valence-electron chi connectivity index (χ4n) is 4.79. The Morgan fingerprint density at radius 2 is 1.66 bits per heavy atom. The number of amides is 1. The first-order valence-electron chi connectivity index (χ1n) is 11.7. The number of carbonyl (C=O) groups is 1. The lowest BCUT2D eigenvalue weighted by atomic mass is 9.98. The van der Waals surface area contributed by atoms with E-state index in [0.29, 0.717) is 5.69 Å². The number of benzene rings is 3. The second-order valence-electron chi connectivity index (χ2n) is 8.95. The predicted molar refractivity (Wildman–Crippen MR) is 137 cm³/mol. The largest absolute Gasteiger partial charge is 0.461 e. The first kappa shape index (κ1) is 23.2. The van der Waals surface area contributed by atoms with Crippen molar-refractivity contribution in [3.05, 3.63) is 89.7 Å². The molecule has 4 aromatic rings. The molecule has 0 bridgehead atoms. The summed E-state index contributed by atoms with van der Waals surface area (Å²) in [6, 6.07) is 22.5. The van der Waals surface area contributed by atoms with Gasteiger partial charge in [-0.25, -0.2) is 13.2 Å². The van der Waals surface area contributed by atoms with Gasteiger partial charge >= 0.3 is 6.09 Å². The SMILES string of the molecule is CCCCc1cc2cc(NC(=O)OC(C3c4ccccc4-c4ccccc43)S(C)(=O)=O)ccc2o1. The quantitative estimate of drug-likeness (QED) is 0.320. The number of carbonyl (C=O) groups excluding carboxylic acids is 1. The molecule has 3 aromatic carbocycles. The molecule has 1 aromatic heterocycles. The Morgan fingerprint density at radius 3 is 2.29 bits per heavy atom. The van der Waals surface area contributed by atoms with Crippen molar-refractivity contribution >= 4 is 32.6 Å². The van der Waals surface area contributed by atoms with Crippen molar-refractivity contribution in [1.29, 1.82) is 0 Å². The van der Waals surface area contributed by atoms with Gasteiger partial charge < -0.3 is 9.15 Å². The molecule has 0 spiro atoms. The lowest BCUT2D eigenvalue weighted by Gasteiger charge is -2.24. The van der Waals surface area contributed by atoms with Crippen molar-refractivity contribution in [3.63, 3.8) is 0 Å². The third kappa shape index (κ3) is 4.56. The highest BCUT2D eigenvalue weighted by Gasteiger charge is 2.41. The number of sulfone groups is 1. The molecule has 1 aliphatic carbocycles. The minimum atomic E-state index is -3.76. The van der Waals surface area contributed by atoms with Crippen LogP contribution in [0.5, 0.6) is 0 Å². The standard InChI is InChI=1S/C28H27NO5S/c1-3-4-9-20-17-18-16-19(14-15-25(18)33-20)29-28(30)34-27(35(2,31)32)26-23-12-7-5-10-21(23)22-11-6-8-13-24(22)26/h5-8,10-17,26-27H,3-4,9H2,1-2H3,(H,29,30). The molecule has 1 aliphatic rings. The number of fused-ring (bicyclic) bond motifs is 4. The number of hydrogen-bond donors (Lipinski definition) is 1. The zero-order chi connectivity index (χ0) is 24.6. The number of ether oxygens (including phenoxy) is 1. The third-order valence-electron chi connectivity index (χ3n) is 6.39. The van der Waals surface area contributed by atoms with Gasteiger partial charge in [0.2, 0.25) is 5.44 Å². The Morgan fingerprint density at radius 1 is 1.00 bits per heavy atom. The van der Waals surface area contributed by atoms with Crippen LogP contribution in [0.25, 0.3) is 22.1 Å². The Hall–Kier alpha value is -3.58. The van der Waals surface area contributed by atoms with E-state index in [1.165, 1.54) is 0 Å². The van der Waals surface area contributed by atoms with Crippen molar-refractivity contribution < 1.29 is 22.4 Å². The van der Waals surface area contributed by atoms with Crippen LogP contribution in [0.3, 0.4) is 0 Å². The molecule has 6 nitrogen and oxygen atoms in total. The average Bonchev–Trinajstić information content (AvgIpc) is 3.39. The summed E-state index contributed by atoms with van der Waals surface area (Å²) in [7, 11) is -3.76. The summed E-state index contributed by atoms with van der Waals surface area (Å²) < 4.78 is 37.2. The molecule has 1 atom stereocenters. The van der Waals surface area contributed by atoms with E-state index in [2.05, 4.69) is 12.2 Å².